The Morgan fingerprint density at radius 1 is 1.05 bits per heavy atom. The molecule has 1 atom stereocenters. The minimum atomic E-state index is 0.367. The van der Waals surface area contributed by atoms with E-state index in [1.54, 1.807) is 0 Å². The van der Waals surface area contributed by atoms with Gasteiger partial charge < -0.3 is 9.88 Å². The van der Waals surface area contributed by atoms with Gasteiger partial charge in [0.1, 0.15) is 0 Å². The van der Waals surface area contributed by atoms with Gasteiger partial charge >= 0.3 is 0 Å². The van der Waals surface area contributed by atoms with Crippen molar-refractivity contribution in [1.82, 2.24) is 14.9 Å². The second-order valence-electron chi connectivity index (χ2n) is 5.01. The fourth-order valence-electron chi connectivity index (χ4n) is 2.45. The number of imidazole rings is 1. The summed E-state index contributed by atoms with van der Waals surface area (Å²) in [7, 11) is 0. The average Bonchev–Trinajstić information content (AvgIpc) is 2.92. The van der Waals surface area contributed by atoms with Crippen LogP contribution in [0.3, 0.4) is 0 Å². The van der Waals surface area contributed by atoms with Crippen molar-refractivity contribution in [3.8, 4) is 0 Å². The van der Waals surface area contributed by atoms with Crippen LogP contribution in [0.4, 0.5) is 0 Å². The molecule has 0 saturated heterocycles. The highest BCUT2D eigenvalue weighted by Gasteiger charge is 2.04. The molecule has 0 aliphatic heterocycles. The zero-order valence-electron chi connectivity index (χ0n) is 11.7. The van der Waals surface area contributed by atoms with E-state index in [1.165, 1.54) is 11.1 Å². The van der Waals surface area contributed by atoms with Crippen LogP contribution in [0.1, 0.15) is 18.5 Å². The molecule has 1 aromatic heterocycles. The molecule has 0 fully saturated rings. The van der Waals surface area contributed by atoms with E-state index in [1.807, 2.05) is 24.5 Å². The van der Waals surface area contributed by atoms with E-state index in [0.717, 1.165) is 18.6 Å². The summed E-state index contributed by atoms with van der Waals surface area (Å²) in [5.41, 5.74) is 3.58. The van der Waals surface area contributed by atoms with Crippen LogP contribution in [0.25, 0.3) is 11.0 Å². The standard InChI is InChI=1S/C17H19N3/c1-14(15-7-3-2-4-8-15)18-11-12-20-13-19-16-9-5-6-10-17(16)20/h2-10,13-14,18H,11-12H2,1H3. The van der Waals surface area contributed by atoms with Gasteiger partial charge in [-0.3, -0.25) is 0 Å². The number of para-hydroxylation sites is 2. The van der Waals surface area contributed by atoms with Crippen molar-refractivity contribution in [2.75, 3.05) is 6.54 Å². The average molecular weight is 265 g/mol. The Balaban J connectivity index is 1.60. The van der Waals surface area contributed by atoms with Gasteiger partial charge in [0.15, 0.2) is 0 Å². The minimum Gasteiger partial charge on any atom is -0.329 e. The van der Waals surface area contributed by atoms with Gasteiger partial charge in [-0.05, 0) is 24.6 Å². The molecule has 0 aliphatic rings. The van der Waals surface area contributed by atoms with E-state index in [-0.39, 0.29) is 0 Å². The van der Waals surface area contributed by atoms with Crippen LogP contribution >= 0.6 is 0 Å². The molecule has 1 heterocycles. The van der Waals surface area contributed by atoms with E-state index in [9.17, 15) is 0 Å². The van der Waals surface area contributed by atoms with E-state index in [0.29, 0.717) is 6.04 Å². The highest BCUT2D eigenvalue weighted by Crippen LogP contribution is 2.13. The number of benzene rings is 2. The van der Waals surface area contributed by atoms with Gasteiger partial charge in [-0.2, -0.15) is 0 Å². The first-order valence-electron chi connectivity index (χ1n) is 7.03. The normalized spacial score (nSPS) is 12.7. The number of hydrogen-bond donors (Lipinski definition) is 1. The molecule has 3 nitrogen and oxygen atoms in total. The van der Waals surface area contributed by atoms with Crippen molar-refractivity contribution in [2.45, 2.75) is 19.5 Å². The van der Waals surface area contributed by atoms with Gasteiger partial charge in [-0.15, -0.1) is 0 Å². The van der Waals surface area contributed by atoms with E-state index in [2.05, 4.69) is 58.2 Å². The quantitative estimate of drug-likeness (QED) is 0.766. The van der Waals surface area contributed by atoms with Gasteiger partial charge in [-0.25, -0.2) is 4.98 Å². The van der Waals surface area contributed by atoms with Crippen LogP contribution in [0.2, 0.25) is 0 Å². The zero-order valence-corrected chi connectivity index (χ0v) is 11.7. The second kappa shape index (κ2) is 5.88. The van der Waals surface area contributed by atoms with Gasteiger partial charge in [0, 0.05) is 19.1 Å². The van der Waals surface area contributed by atoms with Gasteiger partial charge in [-0.1, -0.05) is 42.5 Å². The molecule has 1 N–H and O–H groups in total. The Hall–Kier alpha value is -2.13. The third-order valence-corrected chi connectivity index (χ3v) is 3.63. The monoisotopic (exact) mass is 265 g/mol. The van der Waals surface area contributed by atoms with Crippen molar-refractivity contribution in [3.63, 3.8) is 0 Å². The molecule has 1 unspecified atom stereocenters. The first-order chi connectivity index (χ1) is 9.84. The summed E-state index contributed by atoms with van der Waals surface area (Å²) in [5, 5.41) is 3.55. The lowest BCUT2D eigenvalue weighted by atomic mass is 10.1. The van der Waals surface area contributed by atoms with Crippen molar-refractivity contribution in [2.24, 2.45) is 0 Å². The third kappa shape index (κ3) is 2.73. The Morgan fingerprint density at radius 2 is 1.80 bits per heavy atom. The van der Waals surface area contributed by atoms with Crippen molar-refractivity contribution >= 4 is 11.0 Å². The molecule has 0 radical (unpaired) electrons. The molecule has 3 aromatic rings. The maximum Gasteiger partial charge on any atom is 0.0958 e. The molecule has 20 heavy (non-hydrogen) atoms. The SMILES string of the molecule is CC(NCCn1cnc2ccccc21)c1ccccc1. The lowest BCUT2D eigenvalue weighted by Crippen LogP contribution is -2.23. The van der Waals surface area contributed by atoms with Crippen LogP contribution in [0, 0.1) is 0 Å². The maximum absolute atomic E-state index is 4.41. The van der Waals surface area contributed by atoms with E-state index >= 15 is 0 Å². The van der Waals surface area contributed by atoms with Crippen LogP contribution < -0.4 is 5.32 Å². The van der Waals surface area contributed by atoms with Crippen molar-refractivity contribution < 1.29 is 0 Å². The van der Waals surface area contributed by atoms with Crippen LogP contribution in [0.15, 0.2) is 60.9 Å². The summed E-state index contributed by atoms with van der Waals surface area (Å²) in [4.78, 5) is 4.41. The smallest absolute Gasteiger partial charge is 0.0958 e. The van der Waals surface area contributed by atoms with Crippen LogP contribution in [0.5, 0.6) is 0 Å². The fourth-order valence-corrected chi connectivity index (χ4v) is 2.45. The summed E-state index contributed by atoms with van der Waals surface area (Å²) in [5.74, 6) is 0. The number of hydrogen-bond acceptors (Lipinski definition) is 2. The lowest BCUT2D eigenvalue weighted by molar-refractivity contribution is 0.536. The largest absolute Gasteiger partial charge is 0.329 e. The Kier molecular flexibility index (Phi) is 3.79. The zero-order chi connectivity index (χ0) is 13.8. The highest BCUT2D eigenvalue weighted by atomic mass is 15.1. The number of aromatic nitrogens is 2. The predicted octanol–water partition coefficient (Wildman–Crippen LogP) is 3.39. The lowest BCUT2D eigenvalue weighted by Gasteiger charge is -2.14. The molecule has 0 saturated carbocycles. The van der Waals surface area contributed by atoms with Crippen LogP contribution in [-0.2, 0) is 6.54 Å². The van der Waals surface area contributed by atoms with Crippen molar-refractivity contribution in [1.29, 1.82) is 0 Å². The van der Waals surface area contributed by atoms with Gasteiger partial charge in [0.2, 0.25) is 0 Å². The fraction of sp³-hybridized carbons (Fsp3) is 0.235. The number of rotatable bonds is 5. The molecule has 0 aliphatic carbocycles. The maximum atomic E-state index is 4.41. The summed E-state index contributed by atoms with van der Waals surface area (Å²) >= 11 is 0. The minimum absolute atomic E-state index is 0.367. The highest BCUT2D eigenvalue weighted by molar-refractivity contribution is 5.74. The molecule has 0 amide bonds. The number of fused-ring (bicyclic) bond motifs is 1. The number of nitrogens with one attached hydrogen (secondary N) is 1. The first-order valence-corrected chi connectivity index (χ1v) is 7.03. The van der Waals surface area contributed by atoms with Gasteiger partial charge in [0.05, 0.1) is 17.4 Å². The molecule has 3 rings (SSSR count). The molecule has 102 valence electrons. The number of nitrogens with zero attached hydrogens (tertiary/aromatic N) is 2. The summed E-state index contributed by atoms with van der Waals surface area (Å²) < 4.78 is 2.19. The van der Waals surface area contributed by atoms with Gasteiger partial charge in [0.25, 0.3) is 0 Å². The summed E-state index contributed by atoms with van der Waals surface area (Å²) in [6.07, 6.45) is 1.92. The Bertz CT molecular complexity index is 673. The van der Waals surface area contributed by atoms with Crippen molar-refractivity contribution in [3.05, 3.63) is 66.5 Å². The van der Waals surface area contributed by atoms with E-state index in [4.69, 9.17) is 0 Å². The van der Waals surface area contributed by atoms with E-state index < -0.39 is 0 Å². The Morgan fingerprint density at radius 3 is 2.65 bits per heavy atom. The molecule has 0 spiro atoms. The summed E-state index contributed by atoms with van der Waals surface area (Å²) in [6.45, 7) is 4.05. The molecule has 2 aromatic carbocycles. The molecule has 3 heteroatoms. The Labute approximate surface area is 119 Å². The second-order valence-corrected chi connectivity index (χ2v) is 5.01. The molecular formula is C17H19N3. The third-order valence-electron chi connectivity index (χ3n) is 3.63. The summed E-state index contributed by atoms with van der Waals surface area (Å²) in [6, 6.07) is 19.1. The molecule has 0 bridgehead atoms. The molecular weight excluding hydrogens is 246 g/mol. The first kappa shape index (κ1) is 12.9. The topological polar surface area (TPSA) is 29.9 Å². The predicted molar refractivity (Wildman–Crippen MR) is 82.6 cm³/mol. The van der Waals surface area contributed by atoms with Crippen LogP contribution in [-0.4, -0.2) is 16.1 Å².